The Morgan fingerprint density at radius 3 is 2.24 bits per heavy atom. The van der Waals surface area contributed by atoms with E-state index in [-0.39, 0.29) is 27.9 Å². The lowest BCUT2D eigenvalue weighted by Crippen LogP contribution is -2.01. The largest absolute Gasteiger partial charge is 0.507 e. The molecule has 0 amide bonds. The number of fused-ring (bicyclic) bond motifs is 3. The molecule has 1 heterocycles. The standard InChI is InChI=1S/C15H12O6/c1-19-7-5-10(20-2)14-11(6-7)21-15(18)13-9(17)4-3-8(16)12(13)14/h3-6,16-17H,1-2H3. The minimum atomic E-state index is -0.749. The third kappa shape index (κ3) is 1.84. The van der Waals surface area contributed by atoms with E-state index in [2.05, 4.69) is 0 Å². The maximum atomic E-state index is 12.0. The van der Waals surface area contributed by atoms with Gasteiger partial charge in [0.2, 0.25) is 0 Å². The molecule has 0 saturated carbocycles. The molecule has 0 bridgehead atoms. The number of benzene rings is 2. The van der Waals surface area contributed by atoms with Crippen LogP contribution in [0.25, 0.3) is 21.7 Å². The first-order valence-electron chi connectivity index (χ1n) is 6.10. The highest BCUT2D eigenvalue weighted by Gasteiger charge is 2.19. The van der Waals surface area contributed by atoms with E-state index in [9.17, 15) is 15.0 Å². The Balaban J connectivity index is 2.65. The van der Waals surface area contributed by atoms with Crippen molar-refractivity contribution in [2.45, 2.75) is 0 Å². The molecule has 0 radical (unpaired) electrons. The topological polar surface area (TPSA) is 89.1 Å². The van der Waals surface area contributed by atoms with E-state index in [1.54, 1.807) is 6.07 Å². The van der Waals surface area contributed by atoms with Crippen molar-refractivity contribution in [1.29, 1.82) is 0 Å². The van der Waals surface area contributed by atoms with Crippen molar-refractivity contribution in [3.8, 4) is 23.0 Å². The monoisotopic (exact) mass is 288 g/mol. The zero-order valence-corrected chi connectivity index (χ0v) is 11.3. The van der Waals surface area contributed by atoms with Crippen LogP contribution in [-0.4, -0.2) is 24.4 Å². The average molecular weight is 288 g/mol. The van der Waals surface area contributed by atoms with Gasteiger partial charge in [-0.2, -0.15) is 0 Å². The minimum absolute atomic E-state index is 0.0917. The average Bonchev–Trinajstić information content (AvgIpc) is 2.48. The highest BCUT2D eigenvalue weighted by molar-refractivity contribution is 6.12. The van der Waals surface area contributed by atoms with Crippen molar-refractivity contribution >= 4 is 21.7 Å². The number of phenols is 2. The molecular formula is C15H12O6. The lowest BCUT2D eigenvalue weighted by molar-refractivity contribution is 0.396. The van der Waals surface area contributed by atoms with Crippen LogP contribution in [0.2, 0.25) is 0 Å². The van der Waals surface area contributed by atoms with Crippen LogP contribution in [0.15, 0.2) is 33.5 Å². The van der Waals surface area contributed by atoms with Crippen LogP contribution in [-0.2, 0) is 0 Å². The molecule has 0 aliphatic rings. The maximum absolute atomic E-state index is 12.0. The lowest BCUT2D eigenvalue weighted by Gasteiger charge is -2.11. The minimum Gasteiger partial charge on any atom is -0.507 e. The Labute approximate surface area is 118 Å². The summed E-state index contributed by atoms with van der Waals surface area (Å²) < 4.78 is 15.6. The number of phenolic OH excluding ortho intramolecular Hbond substituents is 2. The van der Waals surface area contributed by atoms with Gasteiger partial charge >= 0.3 is 5.63 Å². The summed E-state index contributed by atoms with van der Waals surface area (Å²) in [6.07, 6.45) is 0. The van der Waals surface area contributed by atoms with Crippen LogP contribution < -0.4 is 15.1 Å². The number of ether oxygens (including phenoxy) is 2. The van der Waals surface area contributed by atoms with Gasteiger partial charge in [-0.1, -0.05) is 0 Å². The number of aromatic hydroxyl groups is 2. The van der Waals surface area contributed by atoms with E-state index < -0.39 is 5.63 Å². The molecular weight excluding hydrogens is 276 g/mol. The molecule has 0 unspecified atom stereocenters. The second-order valence-corrected chi connectivity index (χ2v) is 4.45. The first-order chi connectivity index (χ1) is 10.1. The van der Waals surface area contributed by atoms with Crippen LogP contribution in [0.3, 0.4) is 0 Å². The molecule has 0 aliphatic carbocycles. The highest BCUT2D eigenvalue weighted by Crippen LogP contribution is 2.40. The van der Waals surface area contributed by atoms with E-state index in [1.165, 1.54) is 32.4 Å². The van der Waals surface area contributed by atoms with Gasteiger partial charge in [-0.3, -0.25) is 0 Å². The molecule has 6 nitrogen and oxygen atoms in total. The molecule has 108 valence electrons. The van der Waals surface area contributed by atoms with Gasteiger partial charge in [0.05, 0.1) is 19.6 Å². The summed E-state index contributed by atoms with van der Waals surface area (Å²) in [4.78, 5) is 12.0. The molecule has 2 aromatic carbocycles. The van der Waals surface area contributed by atoms with E-state index >= 15 is 0 Å². The fourth-order valence-corrected chi connectivity index (χ4v) is 2.36. The van der Waals surface area contributed by atoms with Crippen molar-refractivity contribution < 1.29 is 24.1 Å². The Bertz CT molecular complexity index is 910. The second kappa shape index (κ2) is 4.59. The van der Waals surface area contributed by atoms with E-state index in [1.807, 2.05) is 0 Å². The van der Waals surface area contributed by atoms with Gasteiger partial charge in [-0.15, -0.1) is 0 Å². The number of hydrogen-bond donors (Lipinski definition) is 2. The maximum Gasteiger partial charge on any atom is 0.348 e. The van der Waals surface area contributed by atoms with E-state index in [0.29, 0.717) is 16.9 Å². The zero-order valence-electron chi connectivity index (χ0n) is 11.3. The molecule has 0 fully saturated rings. The van der Waals surface area contributed by atoms with Crippen molar-refractivity contribution in [2.75, 3.05) is 14.2 Å². The molecule has 3 aromatic rings. The van der Waals surface area contributed by atoms with Crippen molar-refractivity contribution in [3.05, 3.63) is 34.7 Å². The van der Waals surface area contributed by atoms with Gasteiger partial charge < -0.3 is 24.1 Å². The van der Waals surface area contributed by atoms with Crippen LogP contribution >= 0.6 is 0 Å². The SMILES string of the molecule is COc1cc(OC)c2c(c1)oc(=O)c1c(O)ccc(O)c12. The molecule has 1 aromatic heterocycles. The molecule has 21 heavy (non-hydrogen) atoms. The zero-order chi connectivity index (χ0) is 15.1. The number of rotatable bonds is 2. The first kappa shape index (κ1) is 13.1. The normalized spacial score (nSPS) is 11.0. The van der Waals surface area contributed by atoms with Gasteiger partial charge in [-0.25, -0.2) is 4.79 Å². The Hall–Kier alpha value is -2.89. The van der Waals surface area contributed by atoms with Crippen LogP contribution in [0.5, 0.6) is 23.0 Å². The first-order valence-corrected chi connectivity index (χ1v) is 6.10. The van der Waals surface area contributed by atoms with Gasteiger partial charge in [-0.05, 0) is 12.1 Å². The second-order valence-electron chi connectivity index (χ2n) is 4.45. The predicted octanol–water partition coefficient (Wildman–Crippen LogP) is 2.37. The smallest absolute Gasteiger partial charge is 0.348 e. The molecule has 2 N–H and O–H groups in total. The van der Waals surface area contributed by atoms with Crippen molar-refractivity contribution in [1.82, 2.24) is 0 Å². The van der Waals surface area contributed by atoms with Gasteiger partial charge in [0.15, 0.2) is 0 Å². The molecule has 6 heteroatoms. The summed E-state index contributed by atoms with van der Waals surface area (Å²) in [5.74, 6) is 0.390. The molecule has 0 saturated heterocycles. The third-order valence-corrected chi connectivity index (χ3v) is 3.31. The molecule has 0 atom stereocenters. The fraction of sp³-hybridized carbons (Fsp3) is 0.133. The number of hydrogen-bond acceptors (Lipinski definition) is 6. The number of methoxy groups -OCH3 is 2. The Morgan fingerprint density at radius 2 is 1.62 bits per heavy atom. The summed E-state index contributed by atoms with van der Waals surface area (Å²) >= 11 is 0. The van der Waals surface area contributed by atoms with E-state index in [0.717, 1.165) is 0 Å². The van der Waals surface area contributed by atoms with Crippen molar-refractivity contribution in [3.63, 3.8) is 0 Å². The quantitative estimate of drug-likeness (QED) is 0.427. The summed E-state index contributed by atoms with van der Waals surface area (Å²) in [5.41, 5.74) is -0.550. The van der Waals surface area contributed by atoms with Crippen LogP contribution in [0.1, 0.15) is 0 Å². The lowest BCUT2D eigenvalue weighted by atomic mass is 10.0. The van der Waals surface area contributed by atoms with Crippen LogP contribution in [0, 0.1) is 0 Å². The van der Waals surface area contributed by atoms with E-state index in [4.69, 9.17) is 13.9 Å². The predicted molar refractivity (Wildman–Crippen MR) is 76.4 cm³/mol. The summed E-state index contributed by atoms with van der Waals surface area (Å²) in [7, 11) is 2.92. The van der Waals surface area contributed by atoms with Gasteiger partial charge in [0.1, 0.15) is 34.0 Å². The van der Waals surface area contributed by atoms with Gasteiger partial charge in [0.25, 0.3) is 0 Å². The Morgan fingerprint density at radius 1 is 0.952 bits per heavy atom. The molecule has 0 aliphatic heterocycles. The summed E-state index contributed by atoms with van der Waals surface area (Å²) in [5, 5.41) is 20.4. The molecule has 0 spiro atoms. The van der Waals surface area contributed by atoms with Crippen LogP contribution in [0.4, 0.5) is 0 Å². The highest BCUT2D eigenvalue weighted by atomic mass is 16.5. The fourth-order valence-electron chi connectivity index (χ4n) is 2.36. The summed E-state index contributed by atoms with van der Waals surface area (Å²) in [6, 6.07) is 5.66. The van der Waals surface area contributed by atoms with Gasteiger partial charge in [0, 0.05) is 17.5 Å². The third-order valence-electron chi connectivity index (χ3n) is 3.31. The Kier molecular flexibility index (Phi) is 2.86. The van der Waals surface area contributed by atoms with Crippen molar-refractivity contribution in [2.24, 2.45) is 0 Å². The summed E-state index contributed by atoms with van der Waals surface area (Å²) in [6.45, 7) is 0. The molecule has 3 rings (SSSR count).